The number of hydrogen-bond acceptors (Lipinski definition) is 8. The van der Waals surface area contributed by atoms with Gasteiger partial charge in [-0.3, -0.25) is 14.4 Å². The van der Waals surface area contributed by atoms with E-state index in [1.807, 2.05) is 0 Å². The van der Waals surface area contributed by atoms with Crippen molar-refractivity contribution in [2.24, 2.45) is 0 Å². The van der Waals surface area contributed by atoms with Crippen LogP contribution in [0.1, 0.15) is 233 Å². The van der Waals surface area contributed by atoms with Crippen LogP contribution in [0.25, 0.3) is 0 Å². The first kappa shape index (κ1) is 53.3. The summed E-state index contributed by atoms with van der Waals surface area (Å²) in [6.45, 7) is 11.2. The lowest BCUT2D eigenvalue weighted by Crippen LogP contribution is -2.36. The van der Waals surface area contributed by atoms with Crippen molar-refractivity contribution in [3.8, 4) is 0 Å². The van der Waals surface area contributed by atoms with Gasteiger partial charge in [-0.25, -0.2) is 0 Å². The van der Waals surface area contributed by atoms with Crippen LogP contribution in [0.15, 0.2) is 0 Å². The van der Waals surface area contributed by atoms with Gasteiger partial charge in [0.2, 0.25) is 0 Å². The Balaban J connectivity index is 4.27. The maximum absolute atomic E-state index is 12.5. The molecule has 0 bridgehead atoms. The van der Waals surface area contributed by atoms with Gasteiger partial charge in [-0.1, -0.05) is 194 Å². The second-order valence-electron chi connectivity index (χ2n) is 16.0. The molecule has 326 valence electrons. The average Bonchev–Trinajstić information content (AvgIpc) is 3.18. The standard InChI is InChI=1S/C47H92N2O6/c1-4-7-10-13-16-19-22-25-28-31-42-53-45(50)34-37-48-38-41-49(39-35-46(51)54-43-32-29-26-23-20-17-14-11-8-5-2)40-36-47(52)55-44-33-30-27-24-21-18-15-12-9-6-3/h48H,4-44H2,1-3H3. The highest BCUT2D eigenvalue weighted by Crippen LogP contribution is 2.13. The van der Waals surface area contributed by atoms with Gasteiger partial charge in [0.1, 0.15) is 0 Å². The third kappa shape index (κ3) is 43.3. The van der Waals surface area contributed by atoms with E-state index in [2.05, 4.69) is 31.0 Å². The molecule has 0 aromatic heterocycles. The minimum Gasteiger partial charge on any atom is -0.466 e. The molecule has 0 atom stereocenters. The van der Waals surface area contributed by atoms with Gasteiger partial charge in [-0.05, 0) is 19.3 Å². The predicted molar refractivity (Wildman–Crippen MR) is 232 cm³/mol. The molecule has 55 heavy (non-hydrogen) atoms. The first-order valence-electron chi connectivity index (χ1n) is 23.9. The Morgan fingerprint density at radius 3 is 0.927 bits per heavy atom. The molecular weight excluding hydrogens is 689 g/mol. The predicted octanol–water partition coefficient (Wildman–Crippen LogP) is 12.4. The van der Waals surface area contributed by atoms with Crippen LogP contribution in [0.4, 0.5) is 0 Å². The lowest BCUT2D eigenvalue weighted by atomic mass is 10.1. The zero-order chi connectivity index (χ0) is 40.1. The third-order valence-corrected chi connectivity index (χ3v) is 10.7. The van der Waals surface area contributed by atoms with Crippen LogP contribution in [0, 0.1) is 0 Å². The number of nitrogens with zero attached hydrogens (tertiary/aromatic N) is 1. The summed E-state index contributed by atoms with van der Waals surface area (Å²) in [6, 6.07) is 0. The van der Waals surface area contributed by atoms with Crippen LogP contribution in [0.3, 0.4) is 0 Å². The number of ether oxygens (including phenoxy) is 3. The molecule has 0 saturated carbocycles. The van der Waals surface area contributed by atoms with Gasteiger partial charge in [0.15, 0.2) is 0 Å². The lowest BCUT2D eigenvalue weighted by Gasteiger charge is -2.22. The Morgan fingerprint density at radius 2 is 0.618 bits per heavy atom. The van der Waals surface area contributed by atoms with E-state index in [4.69, 9.17) is 14.2 Å². The van der Waals surface area contributed by atoms with Crippen molar-refractivity contribution in [2.45, 2.75) is 233 Å². The SMILES string of the molecule is CCCCCCCCCCCCOC(=O)CCNCCN(CCC(=O)OCCCCCCCCCCCC)CCC(=O)OCCCCCCCCCCCC. The summed E-state index contributed by atoms with van der Waals surface area (Å²) in [7, 11) is 0. The van der Waals surface area contributed by atoms with Crippen LogP contribution in [0.2, 0.25) is 0 Å². The minimum absolute atomic E-state index is 0.157. The van der Waals surface area contributed by atoms with E-state index < -0.39 is 0 Å². The molecule has 0 aliphatic heterocycles. The Bertz CT molecular complexity index is 783. The molecule has 0 aliphatic carbocycles. The summed E-state index contributed by atoms with van der Waals surface area (Å²) >= 11 is 0. The minimum atomic E-state index is -0.178. The van der Waals surface area contributed by atoms with E-state index in [1.165, 1.54) is 154 Å². The molecule has 0 radical (unpaired) electrons. The largest absolute Gasteiger partial charge is 0.466 e. The van der Waals surface area contributed by atoms with E-state index in [1.54, 1.807) is 0 Å². The van der Waals surface area contributed by atoms with Crippen LogP contribution < -0.4 is 5.32 Å². The van der Waals surface area contributed by atoms with Gasteiger partial charge in [-0.15, -0.1) is 0 Å². The summed E-state index contributed by atoms with van der Waals surface area (Å²) in [4.78, 5) is 39.4. The highest BCUT2D eigenvalue weighted by molar-refractivity contribution is 5.70. The normalized spacial score (nSPS) is 11.3. The van der Waals surface area contributed by atoms with Gasteiger partial charge < -0.3 is 24.4 Å². The molecule has 8 nitrogen and oxygen atoms in total. The molecule has 0 spiro atoms. The molecule has 1 N–H and O–H groups in total. The van der Waals surface area contributed by atoms with Gasteiger partial charge in [0.25, 0.3) is 0 Å². The maximum atomic E-state index is 12.5. The quantitative estimate of drug-likeness (QED) is 0.0371. The summed E-state index contributed by atoms with van der Waals surface area (Å²) in [5.74, 6) is -0.513. The lowest BCUT2D eigenvalue weighted by molar-refractivity contribution is -0.145. The molecule has 0 unspecified atom stereocenters. The highest BCUT2D eigenvalue weighted by Gasteiger charge is 2.13. The van der Waals surface area contributed by atoms with Crippen molar-refractivity contribution < 1.29 is 28.6 Å². The number of carbonyl (C=O) groups is 3. The second kappa shape index (κ2) is 45.0. The van der Waals surface area contributed by atoms with Gasteiger partial charge in [0, 0.05) is 32.7 Å². The average molecular weight is 781 g/mol. The van der Waals surface area contributed by atoms with E-state index in [9.17, 15) is 14.4 Å². The Morgan fingerprint density at radius 1 is 0.345 bits per heavy atom. The van der Waals surface area contributed by atoms with Gasteiger partial charge in [-0.2, -0.15) is 0 Å². The smallest absolute Gasteiger partial charge is 0.307 e. The van der Waals surface area contributed by atoms with Crippen molar-refractivity contribution in [2.75, 3.05) is 52.5 Å². The van der Waals surface area contributed by atoms with Crippen molar-refractivity contribution >= 4 is 17.9 Å². The number of carbonyl (C=O) groups excluding carboxylic acids is 3. The molecule has 8 heteroatoms. The third-order valence-electron chi connectivity index (χ3n) is 10.7. The fourth-order valence-corrected chi connectivity index (χ4v) is 6.93. The molecule has 0 fully saturated rings. The van der Waals surface area contributed by atoms with Crippen molar-refractivity contribution in [3.05, 3.63) is 0 Å². The number of esters is 3. The Labute approximate surface area is 341 Å². The second-order valence-corrected chi connectivity index (χ2v) is 16.0. The van der Waals surface area contributed by atoms with Crippen molar-refractivity contribution in [3.63, 3.8) is 0 Å². The first-order valence-corrected chi connectivity index (χ1v) is 23.9. The zero-order valence-corrected chi connectivity index (χ0v) is 36.9. The first-order chi connectivity index (χ1) is 27.0. The summed E-state index contributed by atoms with van der Waals surface area (Å²) in [5, 5.41) is 3.34. The molecule has 0 rings (SSSR count). The fraction of sp³-hybridized carbons (Fsp3) is 0.936. The Hall–Kier alpha value is -1.67. The van der Waals surface area contributed by atoms with Crippen LogP contribution in [0.5, 0.6) is 0 Å². The van der Waals surface area contributed by atoms with Crippen molar-refractivity contribution in [1.82, 2.24) is 10.2 Å². The van der Waals surface area contributed by atoms with Gasteiger partial charge >= 0.3 is 17.9 Å². The number of unbranched alkanes of at least 4 members (excludes halogenated alkanes) is 27. The number of nitrogens with one attached hydrogen (secondary N) is 1. The maximum Gasteiger partial charge on any atom is 0.307 e. The summed E-state index contributed by atoms with van der Waals surface area (Å²) < 4.78 is 16.5. The van der Waals surface area contributed by atoms with Gasteiger partial charge in [0.05, 0.1) is 39.1 Å². The molecule has 0 aliphatic rings. The van der Waals surface area contributed by atoms with Crippen LogP contribution in [-0.4, -0.2) is 75.4 Å². The molecule has 0 amide bonds. The van der Waals surface area contributed by atoms with E-state index in [0.717, 1.165) is 38.5 Å². The fourth-order valence-electron chi connectivity index (χ4n) is 6.93. The number of hydrogen-bond donors (Lipinski definition) is 1. The van der Waals surface area contributed by atoms with Crippen molar-refractivity contribution in [1.29, 1.82) is 0 Å². The summed E-state index contributed by atoms with van der Waals surface area (Å²) in [6.07, 6.45) is 38.6. The topological polar surface area (TPSA) is 94.2 Å². The number of rotatable bonds is 45. The van der Waals surface area contributed by atoms with E-state index >= 15 is 0 Å². The Kier molecular flexibility index (Phi) is 43.7. The monoisotopic (exact) mass is 781 g/mol. The molecular formula is C47H92N2O6. The zero-order valence-electron chi connectivity index (χ0n) is 36.9. The van der Waals surface area contributed by atoms with Crippen LogP contribution in [-0.2, 0) is 28.6 Å². The van der Waals surface area contributed by atoms with Crippen LogP contribution >= 0.6 is 0 Å². The van der Waals surface area contributed by atoms with E-state index in [0.29, 0.717) is 71.8 Å². The summed E-state index contributed by atoms with van der Waals surface area (Å²) in [5.41, 5.74) is 0. The molecule has 0 saturated heterocycles. The highest BCUT2D eigenvalue weighted by atomic mass is 16.5. The molecule has 0 aromatic rings. The van der Waals surface area contributed by atoms with E-state index in [-0.39, 0.29) is 17.9 Å². The molecule has 0 aromatic carbocycles. The molecule has 0 heterocycles.